The van der Waals surface area contributed by atoms with Crippen molar-refractivity contribution in [1.82, 2.24) is 0 Å². The maximum Gasteiger partial charge on any atom is 0.264 e. The summed E-state index contributed by atoms with van der Waals surface area (Å²) in [5.74, 6) is 0.274. The number of furan rings is 2. The van der Waals surface area contributed by atoms with E-state index >= 15 is 0 Å². The monoisotopic (exact) mass is 890 g/mol. The smallest absolute Gasteiger partial charge is 0.264 e. The first-order valence-electron chi connectivity index (χ1n) is 23.8. The molecule has 3 aromatic heterocycles. The molecule has 2 aliphatic rings. The standard InChI is InChI=1S/C61H55BN2O2S/c1-35(2)40-30-51-56-52(31-40)64(57-36(3)26-42(27-37(57)4)61(8,9)10)58-46-32-41(60(5,6)7)23-25-55(46)67-59(58)62(56)49-24-22-39(48-34-66-54-21-14-12-19-45(48)54)29-50(49)63(51)43-17-15-16-38(28-43)47-33-65-53-20-13-11-18-44(47)53/h11-35H,1-10H3. The van der Waals surface area contributed by atoms with E-state index in [9.17, 15) is 0 Å². The van der Waals surface area contributed by atoms with Crippen LogP contribution in [0.15, 0.2) is 155 Å². The Morgan fingerprint density at radius 3 is 1.78 bits per heavy atom. The van der Waals surface area contributed by atoms with E-state index < -0.39 is 0 Å². The molecule has 0 saturated carbocycles. The molecule has 0 bridgehead atoms. The first-order valence-corrected chi connectivity index (χ1v) is 24.6. The van der Waals surface area contributed by atoms with Gasteiger partial charge in [0.05, 0.1) is 23.9 Å². The van der Waals surface area contributed by atoms with Crippen LogP contribution in [0.4, 0.5) is 34.1 Å². The van der Waals surface area contributed by atoms with Crippen LogP contribution >= 0.6 is 11.3 Å². The molecule has 6 heteroatoms. The Morgan fingerprint density at radius 2 is 1.15 bits per heavy atom. The molecule has 10 aromatic rings. The molecule has 67 heavy (non-hydrogen) atoms. The number of anilines is 6. The van der Waals surface area contributed by atoms with Crippen molar-refractivity contribution in [1.29, 1.82) is 0 Å². The molecule has 0 saturated heterocycles. The number of rotatable bonds is 5. The summed E-state index contributed by atoms with van der Waals surface area (Å²) in [4.78, 5) is 5.24. The van der Waals surface area contributed by atoms with Gasteiger partial charge in [-0.1, -0.05) is 134 Å². The molecule has 2 aliphatic heterocycles. The van der Waals surface area contributed by atoms with E-state index in [1.54, 1.807) is 0 Å². The molecule has 0 spiro atoms. The van der Waals surface area contributed by atoms with Crippen LogP contribution < -0.4 is 25.5 Å². The van der Waals surface area contributed by atoms with Gasteiger partial charge < -0.3 is 18.6 Å². The molecule has 0 fully saturated rings. The third-order valence-corrected chi connectivity index (χ3v) is 15.7. The Hall–Kier alpha value is -6.76. The second kappa shape index (κ2) is 14.9. The Morgan fingerprint density at radius 1 is 0.537 bits per heavy atom. The zero-order valence-electron chi connectivity index (χ0n) is 40.1. The molecule has 7 aromatic carbocycles. The molecule has 5 heterocycles. The summed E-state index contributed by atoms with van der Waals surface area (Å²) >= 11 is 1.97. The second-order valence-electron chi connectivity index (χ2n) is 21.3. The van der Waals surface area contributed by atoms with E-state index in [2.05, 4.69) is 194 Å². The minimum atomic E-state index is -0.0124. The predicted octanol–water partition coefficient (Wildman–Crippen LogP) is 16.1. The van der Waals surface area contributed by atoms with Crippen molar-refractivity contribution in [3.8, 4) is 22.3 Å². The van der Waals surface area contributed by atoms with Crippen LogP contribution in [0.2, 0.25) is 0 Å². The van der Waals surface area contributed by atoms with Crippen molar-refractivity contribution in [3.05, 3.63) is 174 Å². The van der Waals surface area contributed by atoms with E-state index in [1.807, 2.05) is 42.1 Å². The Balaban J connectivity index is 1.19. The van der Waals surface area contributed by atoms with Gasteiger partial charge >= 0.3 is 0 Å². The molecule has 12 rings (SSSR count). The molecule has 0 radical (unpaired) electrons. The highest BCUT2D eigenvalue weighted by Crippen LogP contribution is 2.52. The topological polar surface area (TPSA) is 32.8 Å². The summed E-state index contributed by atoms with van der Waals surface area (Å²) in [6.45, 7) is 23.3. The first kappa shape index (κ1) is 41.7. The highest BCUT2D eigenvalue weighted by Gasteiger charge is 2.46. The van der Waals surface area contributed by atoms with Gasteiger partial charge in [0.25, 0.3) is 6.71 Å². The van der Waals surface area contributed by atoms with Crippen molar-refractivity contribution in [2.45, 2.75) is 86.0 Å². The SMILES string of the molecule is Cc1cc(C(C)(C)C)cc(C)c1N1c2cc(C(C)C)cc3c2B(c2ccc(-c4coc5ccccc45)cc2N3c2cccc(-c3coc4ccccc34)c2)c2sc3ccc(C(C)(C)C)cc3c21. The number of para-hydroxylation sites is 2. The molecular weight excluding hydrogens is 836 g/mol. The van der Waals surface area contributed by atoms with Crippen LogP contribution in [-0.2, 0) is 10.8 Å². The zero-order valence-corrected chi connectivity index (χ0v) is 40.9. The van der Waals surface area contributed by atoms with E-state index in [-0.39, 0.29) is 23.5 Å². The van der Waals surface area contributed by atoms with Gasteiger partial charge in [0.15, 0.2) is 0 Å². The second-order valence-corrected chi connectivity index (χ2v) is 22.4. The van der Waals surface area contributed by atoms with Crippen molar-refractivity contribution in [2.24, 2.45) is 0 Å². The molecule has 330 valence electrons. The van der Waals surface area contributed by atoms with Crippen LogP contribution in [-0.4, -0.2) is 6.71 Å². The number of nitrogens with zero attached hydrogens (tertiary/aromatic N) is 2. The lowest BCUT2D eigenvalue weighted by Crippen LogP contribution is -2.60. The Kier molecular flexibility index (Phi) is 9.25. The number of benzene rings is 7. The van der Waals surface area contributed by atoms with Gasteiger partial charge in [0, 0.05) is 59.5 Å². The average molecular weight is 891 g/mol. The fourth-order valence-electron chi connectivity index (χ4n) is 10.9. The van der Waals surface area contributed by atoms with Gasteiger partial charge in [-0.05, 0) is 135 Å². The van der Waals surface area contributed by atoms with Crippen LogP contribution in [0.25, 0.3) is 54.3 Å². The summed E-state index contributed by atoms with van der Waals surface area (Å²) in [5, 5.41) is 3.54. The fraction of sp³-hybridized carbons (Fsp3) is 0.213. The van der Waals surface area contributed by atoms with Gasteiger partial charge in [-0.2, -0.15) is 0 Å². The zero-order chi connectivity index (χ0) is 46.3. The first-order chi connectivity index (χ1) is 32.1. The van der Waals surface area contributed by atoms with Crippen molar-refractivity contribution < 1.29 is 8.83 Å². The van der Waals surface area contributed by atoms with Gasteiger partial charge in [-0.25, -0.2) is 0 Å². The summed E-state index contributed by atoms with van der Waals surface area (Å²) in [7, 11) is 0. The number of aryl methyl sites for hydroxylation is 2. The molecule has 4 nitrogen and oxygen atoms in total. The van der Waals surface area contributed by atoms with E-state index in [4.69, 9.17) is 8.83 Å². The Bertz CT molecular complexity index is 3620. The van der Waals surface area contributed by atoms with Crippen molar-refractivity contribution in [2.75, 3.05) is 9.80 Å². The fourth-order valence-corrected chi connectivity index (χ4v) is 12.2. The van der Waals surface area contributed by atoms with Crippen molar-refractivity contribution >= 4 is 99.9 Å². The lowest BCUT2D eigenvalue weighted by Gasteiger charge is -2.44. The molecule has 0 unspecified atom stereocenters. The number of fused-ring (bicyclic) bond motifs is 8. The lowest BCUT2D eigenvalue weighted by molar-refractivity contribution is 0.589. The summed E-state index contributed by atoms with van der Waals surface area (Å²) < 4.78 is 15.0. The van der Waals surface area contributed by atoms with E-state index in [0.717, 1.165) is 49.9 Å². The van der Waals surface area contributed by atoms with Crippen LogP contribution in [0.1, 0.15) is 89.1 Å². The third kappa shape index (κ3) is 6.47. The van der Waals surface area contributed by atoms with Crippen molar-refractivity contribution in [3.63, 3.8) is 0 Å². The predicted molar refractivity (Wildman–Crippen MR) is 287 cm³/mol. The number of hydrogen-bond acceptors (Lipinski definition) is 5. The quantitative estimate of drug-likeness (QED) is 0.161. The van der Waals surface area contributed by atoms with Gasteiger partial charge in [0.1, 0.15) is 11.2 Å². The number of thiophene rings is 1. The maximum atomic E-state index is 6.20. The largest absolute Gasteiger partial charge is 0.464 e. The van der Waals surface area contributed by atoms with Crippen LogP contribution in [0.3, 0.4) is 0 Å². The average Bonchev–Trinajstić information content (AvgIpc) is 4.04. The molecular formula is C61H55BN2O2S. The maximum absolute atomic E-state index is 6.20. The van der Waals surface area contributed by atoms with Crippen LogP contribution in [0.5, 0.6) is 0 Å². The molecule has 0 amide bonds. The van der Waals surface area contributed by atoms with E-state index in [1.165, 1.54) is 82.0 Å². The molecule has 0 atom stereocenters. The summed E-state index contributed by atoms with van der Waals surface area (Å²) in [6, 6.07) is 50.1. The Labute approximate surface area is 398 Å². The normalized spacial score (nSPS) is 13.6. The highest BCUT2D eigenvalue weighted by molar-refractivity contribution is 7.33. The van der Waals surface area contributed by atoms with Crippen LogP contribution in [0, 0.1) is 13.8 Å². The minimum Gasteiger partial charge on any atom is -0.464 e. The van der Waals surface area contributed by atoms with Gasteiger partial charge in [-0.15, -0.1) is 11.3 Å². The van der Waals surface area contributed by atoms with E-state index in [0.29, 0.717) is 0 Å². The number of hydrogen-bond donors (Lipinski definition) is 0. The third-order valence-electron chi connectivity index (χ3n) is 14.5. The lowest BCUT2D eigenvalue weighted by atomic mass is 9.36. The minimum absolute atomic E-state index is 0.00944. The highest BCUT2D eigenvalue weighted by atomic mass is 32.1. The summed E-state index contributed by atoms with van der Waals surface area (Å²) in [6.07, 6.45) is 3.84. The van der Waals surface area contributed by atoms with Gasteiger partial charge in [0.2, 0.25) is 0 Å². The molecule has 0 N–H and O–H groups in total. The molecule has 0 aliphatic carbocycles. The van der Waals surface area contributed by atoms with Gasteiger partial charge in [-0.3, -0.25) is 0 Å². The summed E-state index contributed by atoms with van der Waals surface area (Å²) in [5.41, 5.74) is 22.7.